The summed E-state index contributed by atoms with van der Waals surface area (Å²) in [5.74, 6) is 1.40. The van der Waals surface area contributed by atoms with Gasteiger partial charge in [-0.05, 0) is 73.5 Å². The van der Waals surface area contributed by atoms with Crippen molar-refractivity contribution in [2.45, 2.75) is 90.8 Å². The second-order valence-corrected chi connectivity index (χ2v) is 11.3. The third kappa shape index (κ3) is 3.31. The number of carbonyl (C=O) groups excluding carboxylic acids is 1. The molecule has 4 fully saturated rings. The molecule has 0 aromatic carbocycles. The lowest BCUT2D eigenvalue weighted by Crippen LogP contribution is -2.50. The molecule has 1 N–H and O–H groups in total. The molecule has 28 heavy (non-hydrogen) atoms. The SMILES string of the molecule is CC1C(OS(=O)(=O)O)CCC2(C)C1CCCC1(C)C(C3CCC(=O)O3)CCC12. The lowest BCUT2D eigenvalue weighted by Gasteiger charge is -2.54. The van der Waals surface area contributed by atoms with Gasteiger partial charge in [0.1, 0.15) is 6.10 Å². The number of cyclic esters (lactones) is 1. The summed E-state index contributed by atoms with van der Waals surface area (Å²) in [6, 6.07) is 0. The molecule has 4 rings (SSSR count). The first-order chi connectivity index (χ1) is 13.0. The Morgan fingerprint density at radius 1 is 1.04 bits per heavy atom. The van der Waals surface area contributed by atoms with E-state index in [1.807, 2.05) is 0 Å². The predicted molar refractivity (Wildman–Crippen MR) is 104 cm³/mol. The Morgan fingerprint density at radius 3 is 2.39 bits per heavy atom. The van der Waals surface area contributed by atoms with E-state index in [4.69, 9.17) is 8.92 Å². The maximum absolute atomic E-state index is 11.7. The maximum atomic E-state index is 11.7. The van der Waals surface area contributed by atoms with Crippen LogP contribution in [0.2, 0.25) is 0 Å². The van der Waals surface area contributed by atoms with Crippen molar-refractivity contribution in [1.29, 1.82) is 0 Å². The van der Waals surface area contributed by atoms with Crippen molar-refractivity contribution < 1.29 is 26.7 Å². The fraction of sp³-hybridized carbons (Fsp3) is 0.952. The molecule has 6 nitrogen and oxygen atoms in total. The molecule has 0 aromatic rings. The van der Waals surface area contributed by atoms with Crippen molar-refractivity contribution in [2.75, 3.05) is 0 Å². The van der Waals surface area contributed by atoms with Crippen LogP contribution in [0.25, 0.3) is 0 Å². The lowest BCUT2D eigenvalue weighted by molar-refractivity contribution is -0.146. The monoisotopic (exact) mass is 414 g/mol. The van der Waals surface area contributed by atoms with Gasteiger partial charge in [-0.2, -0.15) is 8.42 Å². The van der Waals surface area contributed by atoms with Crippen molar-refractivity contribution in [3.63, 3.8) is 0 Å². The molecule has 0 aromatic heterocycles. The topological polar surface area (TPSA) is 89.9 Å². The molecule has 0 radical (unpaired) electrons. The first-order valence-electron chi connectivity index (χ1n) is 10.9. The zero-order chi connectivity index (χ0) is 20.3. The molecule has 8 atom stereocenters. The van der Waals surface area contributed by atoms with Gasteiger partial charge in [0.15, 0.2) is 0 Å². The Labute approximate surface area is 168 Å². The van der Waals surface area contributed by atoms with Crippen LogP contribution in [0.5, 0.6) is 0 Å². The van der Waals surface area contributed by atoms with Crippen LogP contribution in [-0.4, -0.2) is 31.1 Å². The van der Waals surface area contributed by atoms with E-state index in [1.54, 1.807) is 0 Å². The first kappa shape index (κ1) is 20.6. The van der Waals surface area contributed by atoms with Crippen LogP contribution >= 0.6 is 0 Å². The minimum Gasteiger partial charge on any atom is -0.462 e. The molecule has 8 unspecified atom stereocenters. The minimum atomic E-state index is -4.43. The summed E-state index contributed by atoms with van der Waals surface area (Å²) in [7, 11) is -4.43. The molecule has 160 valence electrons. The highest BCUT2D eigenvalue weighted by Gasteiger charge is 2.61. The second kappa shape index (κ2) is 6.95. The number of carbonyl (C=O) groups is 1. The molecule has 1 saturated heterocycles. The van der Waals surface area contributed by atoms with Gasteiger partial charge < -0.3 is 4.74 Å². The van der Waals surface area contributed by atoms with Gasteiger partial charge in [0.25, 0.3) is 0 Å². The van der Waals surface area contributed by atoms with Crippen molar-refractivity contribution in [3.05, 3.63) is 0 Å². The molecule has 1 heterocycles. The zero-order valence-electron chi connectivity index (χ0n) is 17.2. The van der Waals surface area contributed by atoms with Crippen molar-refractivity contribution in [1.82, 2.24) is 0 Å². The smallest absolute Gasteiger partial charge is 0.397 e. The third-order valence-electron chi connectivity index (χ3n) is 9.08. The van der Waals surface area contributed by atoms with Crippen LogP contribution < -0.4 is 0 Å². The third-order valence-corrected chi connectivity index (χ3v) is 9.57. The Kier molecular flexibility index (Phi) is 5.11. The van der Waals surface area contributed by atoms with Crippen molar-refractivity contribution >= 4 is 16.4 Å². The van der Waals surface area contributed by atoms with Gasteiger partial charge in [-0.25, -0.2) is 4.18 Å². The largest absolute Gasteiger partial charge is 0.462 e. The Bertz CT molecular complexity index is 735. The van der Waals surface area contributed by atoms with E-state index in [2.05, 4.69) is 20.8 Å². The van der Waals surface area contributed by atoms with Crippen LogP contribution in [-0.2, 0) is 24.1 Å². The summed E-state index contributed by atoms with van der Waals surface area (Å²) in [6.45, 7) is 6.90. The first-order valence-corrected chi connectivity index (χ1v) is 12.3. The molecule has 3 aliphatic carbocycles. The molecule has 0 amide bonds. The van der Waals surface area contributed by atoms with Crippen LogP contribution in [0, 0.1) is 34.5 Å². The summed E-state index contributed by atoms with van der Waals surface area (Å²) in [4.78, 5) is 11.7. The van der Waals surface area contributed by atoms with E-state index in [1.165, 1.54) is 0 Å². The van der Waals surface area contributed by atoms with E-state index in [9.17, 15) is 17.8 Å². The number of ether oxygens (including phenoxy) is 1. The number of rotatable bonds is 3. The van der Waals surface area contributed by atoms with Crippen molar-refractivity contribution in [3.8, 4) is 0 Å². The fourth-order valence-corrected chi connectivity index (χ4v) is 8.51. The normalized spacial score (nSPS) is 49.2. The molecule has 3 saturated carbocycles. The number of esters is 1. The second-order valence-electron chi connectivity index (χ2n) is 10.3. The molecule has 7 heteroatoms. The predicted octanol–water partition coefficient (Wildman–Crippen LogP) is 4.15. The van der Waals surface area contributed by atoms with Gasteiger partial charge in [-0.15, -0.1) is 0 Å². The Hall–Kier alpha value is -0.660. The van der Waals surface area contributed by atoms with Gasteiger partial charge in [-0.1, -0.05) is 27.2 Å². The van der Waals surface area contributed by atoms with E-state index in [-0.39, 0.29) is 28.8 Å². The lowest BCUT2D eigenvalue weighted by atomic mass is 9.52. The Balaban J connectivity index is 1.60. The maximum Gasteiger partial charge on any atom is 0.397 e. The number of hydrogen-bond donors (Lipinski definition) is 1. The number of hydrogen-bond acceptors (Lipinski definition) is 5. The van der Waals surface area contributed by atoms with Crippen LogP contribution in [0.15, 0.2) is 0 Å². The van der Waals surface area contributed by atoms with Gasteiger partial charge in [0.05, 0.1) is 6.10 Å². The molecule has 0 bridgehead atoms. The van der Waals surface area contributed by atoms with Crippen LogP contribution in [0.4, 0.5) is 0 Å². The standard InChI is InChI=1S/C21H34O6S/c1-13-14-5-4-11-20(2)15(17-7-9-19(22)26-17)6-8-18(20)21(14,3)12-10-16(13)27-28(23,24)25/h13-18H,4-12H2,1-3H3,(H,23,24,25). The van der Waals surface area contributed by atoms with E-state index < -0.39 is 16.5 Å². The van der Waals surface area contributed by atoms with Crippen LogP contribution in [0.3, 0.4) is 0 Å². The highest BCUT2D eigenvalue weighted by molar-refractivity contribution is 7.80. The molecular weight excluding hydrogens is 380 g/mol. The minimum absolute atomic E-state index is 0.0498. The average molecular weight is 415 g/mol. The van der Waals surface area contributed by atoms with Gasteiger partial charge in [0.2, 0.25) is 0 Å². The van der Waals surface area contributed by atoms with Crippen LogP contribution in [0.1, 0.15) is 78.6 Å². The molecule has 0 spiro atoms. The highest BCUT2D eigenvalue weighted by Crippen LogP contribution is 2.67. The molecular formula is C21H34O6S. The van der Waals surface area contributed by atoms with Gasteiger partial charge in [-0.3, -0.25) is 9.35 Å². The quantitative estimate of drug-likeness (QED) is 0.551. The molecule has 1 aliphatic heterocycles. The number of fused-ring (bicyclic) bond motifs is 3. The van der Waals surface area contributed by atoms with E-state index >= 15 is 0 Å². The Morgan fingerprint density at radius 2 is 1.75 bits per heavy atom. The highest BCUT2D eigenvalue weighted by atomic mass is 32.3. The fourth-order valence-electron chi connectivity index (χ4n) is 7.93. The summed E-state index contributed by atoms with van der Waals surface area (Å²) >= 11 is 0. The zero-order valence-corrected chi connectivity index (χ0v) is 18.0. The average Bonchev–Trinajstić information content (AvgIpc) is 3.13. The van der Waals surface area contributed by atoms with E-state index in [0.717, 1.165) is 44.9 Å². The van der Waals surface area contributed by atoms with Gasteiger partial charge in [0, 0.05) is 12.3 Å². The molecule has 4 aliphatic rings. The summed E-state index contributed by atoms with van der Waals surface area (Å²) in [6.07, 6.45) is 8.17. The summed E-state index contributed by atoms with van der Waals surface area (Å²) < 4.78 is 42.5. The van der Waals surface area contributed by atoms with E-state index in [0.29, 0.717) is 30.6 Å². The summed E-state index contributed by atoms with van der Waals surface area (Å²) in [5.41, 5.74) is 0.288. The van der Waals surface area contributed by atoms with Crippen molar-refractivity contribution in [2.24, 2.45) is 34.5 Å². The summed E-state index contributed by atoms with van der Waals surface area (Å²) in [5, 5.41) is 0. The van der Waals surface area contributed by atoms with Gasteiger partial charge >= 0.3 is 16.4 Å².